The molecular weight excluding hydrogens is 536 g/mol. The zero-order valence-electron chi connectivity index (χ0n) is 23.6. The van der Waals surface area contributed by atoms with Crippen LogP contribution in [0.25, 0.3) is 27.7 Å². The minimum absolute atomic E-state index is 0.360. The molecular formula is C36H30N4O3. The lowest BCUT2D eigenvalue weighted by Crippen LogP contribution is -2.33. The molecule has 1 aromatic heterocycles. The molecule has 1 amide bonds. The standard InChI is InChI=1S/C36H30N4O3/c1-26(43-34-21-16-28-12-8-9-13-30(28)22-34)36(41)38-37-23-31-24-40(32-14-6-3-7-15-32)39-35(31)29-17-19-33(20-18-29)42-25-27-10-4-2-5-11-27/h2-24,26H,25H2,1H3,(H,38,41). The van der Waals surface area contributed by atoms with Gasteiger partial charge in [-0.2, -0.15) is 10.2 Å². The van der Waals surface area contributed by atoms with Gasteiger partial charge in [0.15, 0.2) is 6.10 Å². The third kappa shape index (κ3) is 6.80. The molecule has 7 nitrogen and oxygen atoms in total. The van der Waals surface area contributed by atoms with E-state index in [1.807, 2.05) is 134 Å². The van der Waals surface area contributed by atoms with Crippen LogP contribution >= 0.6 is 0 Å². The quantitative estimate of drug-likeness (QED) is 0.141. The van der Waals surface area contributed by atoms with Crippen LogP contribution in [0, 0.1) is 0 Å². The third-order valence-electron chi connectivity index (χ3n) is 6.92. The van der Waals surface area contributed by atoms with Gasteiger partial charge in [0.2, 0.25) is 0 Å². The number of hydrogen-bond donors (Lipinski definition) is 1. The lowest BCUT2D eigenvalue weighted by atomic mass is 10.1. The molecule has 1 N–H and O–H groups in total. The lowest BCUT2D eigenvalue weighted by molar-refractivity contribution is -0.127. The first-order valence-electron chi connectivity index (χ1n) is 14.0. The fraction of sp³-hybridized carbons (Fsp3) is 0.0833. The second-order valence-electron chi connectivity index (χ2n) is 10.0. The Morgan fingerprint density at radius 2 is 1.51 bits per heavy atom. The van der Waals surface area contributed by atoms with E-state index >= 15 is 0 Å². The van der Waals surface area contributed by atoms with Gasteiger partial charge >= 0.3 is 0 Å². The van der Waals surface area contributed by atoms with Crippen molar-refractivity contribution in [1.29, 1.82) is 0 Å². The van der Waals surface area contributed by atoms with Crippen LogP contribution in [0.5, 0.6) is 11.5 Å². The lowest BCUT2D eigenvalue weighted by Gasteiger charge is -2.13. The van der Waals surface area contributed by atoms with Crippen molar-refractivity contribution in [3.63, 3.8) is 0 Å². The molecule has 0 aliphatic heterocycles. The maximum atomic E-state index is 12.8. The highest BCUT2D eigenvalue weighted by molar-refractivity contribution is 5.90. The van der Waals surface area contributed by atoms with Gasteiger partial charge < -0.3 is 9.47 Å². The molecule has 0 saturated carbocycles. The molecule has 0 aliphatic carbocycles. The van der Waals surface area contributed by atoms with Crippen molar-refractivity contribution in [3.05, 3.63) is 145 Å². The summed E-state index contributed by atoms with van der Waals surface area (Å²) < 4.78 is 13.6. The minimum atomic E-state index is -0.742. The Labute approximate surface area is 250 Å². The fourth-order valence-electron chi connectivity index (χ4n) is 4.62. The van der Waals surface area contributed by atoms with Crippen LogP contribution < -0.4 is 14.9 Å². The molecule has 0 bridgehead atoms. The zero-order chi connectivity index (χ0) is 29.4. The topological polar surface area (TPSA) is 77.7 Å². The normalized spacial score (nSPS) is 11.8. The van der Waals surface area contributed by atoms with E-state index in [9.17, 15) is 4.79 Å². The number of amides is 1. The van der Waals surface area contributed by atoms with Gasteiger partial charge in [-0.15, -0.1) is 0 Å². The van der Waals surface area contributed by atoms with Crippen LogP contribution in [0.15, 0.2) is 139 Å². The van der Waals surface area contributed by atoms with Crippen molar-refractivity contribution in [1.82, 2.24) is 15.2 Å². The molecule has 0 saturated heterocycles. The van der Waals surface area contributed by atoms with E-state index in [-0.39, 0.29) is 5.91 Å². The first kappa shape index (κ1) is 27.5. The van der Waals surface area contributed by atoms with Gasteiger partial charge in [-0.25, -0.2) is 10.1 Å². The highest BCUT2D eigenvalue weighted by atomic mass is 16.5. The zero-order valence-corrected chi connectivity index (χ0v) is 23.6. The maximum absolute atomic E-state index is 12.8. The predicted molar refractivity (Wildman–Crippen MR) is 170 cm³/mol. The Morgan fingerprint density at radius 1 is 0.837 bits per heavy atom. The van der Waals surface area contributed by atoms with Crippen molar-refractivity contribution in [2.24, 2.45) is 5.10 Å². The molecule has 0 spiro atoms. The van der Waals surface area contributed by atoms with E-state index < -0.39 is 6.10 Å². The molecule has 212 valence electrons. The number of carbonyl (C=O) groups is 1. The second kappa shape index (κ2) is 12.9. The highest BCUT2D eigenvalue weighted by Gasteiger charge is 2.15. The summed E-state index contributed by atoms with van der Waals surface area (Å²) in [5, 5.41) is 11.2. The van der Waals surface area contributed by atoms with Gasteiger partial charge in [-0.05, 0) is 71.8 Å². The fourth-order valence-corrected chi connectivity index (χ4v) is 4.62. The third-order valence-corrected chi connectivity index (χ3v) is 6.92. The van der Waals surface area contributed by atoms with Gasteiger partial charge in [-0.1, -0.05) is 78.9 Å². The molecule has 0 aliphatic rings. The van der Waals surface area contributed by atoms with Gasteiger partial charge in [-0.3, -0.25) is 4.79 Å². The first-order chi connectivity index (χ1) is 21.1. The Balaban J connectivity index is 1.16. The summed E-state index contributed by atoms with van der Waals surface area (Å²) in [4.78, 5) is 12.8. The Morgan fingerprint density at radius 3 is 2.28 bits per heavy atom. The maximum Gasteiger partial charge on any atom is 0.280 e. The molecule has 43 heavy (non-hydrogen) atoms. The molecule has 1 atom stereocenters. The van der Waals surface area contributed by atoms with E-state index in [2.05, 4.69) is 10.5 Å². The average Bonchev–Trinajstić information content (AvgIpc) is 3.49. The number of fused-ring (bicyclic) bond motifs is 1. The smallest absolute Gasteiger partial charge is 0.280 e. The van der Waals surface area contributed by atoms with Crippen molar-refractivity contribution < 1.29 is 14.3 Å². The van der Waals surface area contributed by atoms with Crippen LogP contribution in [0.1, 0.15) is 18.1 Å². The Hall–Kier alpha value is -5.69. The Bertz CT molecular complexity index is 1850. The predicted octanol–water partition coefficient (Wildman–Crippen LogP) is 7.19. The number of para-hydroxylation sites is 1. The molecule has 1 heterocycles. The Kier molecular flexibility index (Phi) is 8.22. The van der Waals surface area contributed by atoms with Gasteiger partial charge in [0, 0.05) is 17.3 Å². The number of hydrogen-bond acceptors (Lipinski definition) is 5. The molecule has 0 radical (unpaired) electrons. The molecule has 6 rings (SSSR count). The van der Waals surface area contributed by atoms with E-state index in [1.54, 1.807) is 17.8 Å². The van der Waals surface area contributed by atoms with Crippen LogP contribution in [0.3, 0.4) is 0 Å². The summed E-state index contributed by atoms with van der Waals surface area (Å²) in [6.07, 6.45) is 2.74. The molecule has 5 aromatic carbocycles. The number of carbonyl (C=O) groups excluding carboxylic acids is 1. The molecule has 0 fully saturated rings. The van der Waals surface area contributed by atoms with E-state index in [4.69, 9.17) is 14.6 Å². The number of nitrogens with one attached hydrogen (secondary N) is 1. The monoisotopic (exact) mass is 566 g/mol. The highest BCUT2D eigenvalue weighted by Crippen LogP contribution is 2.26. The van der Waals surface area contributed by atoms with Crippen molar-refractivity contribution in [3.8, 4) is 28.4 Å². The van der Waals surface area contributed by atoms with E-state index in [0.29, 0.717) is 12.4 Å². The summed E-state index contributed by atoms with van der Waals surface area (Å²) in [6.45, 7) is 2.18. The van der Waals surface area contributed by atoms with Gasteiger partial charge in [0.1, 0.15) is 23.8 Å². The van der Waals surface area contributed by atoms with Gasteiger partial charge in [0.05, 0.1) is 11.9 Å². The number of benzene rings is 5. The van der Waals surface area contributed by atoms with E-state index in [1.165, 1.54) is 0 Å². The largest absolute Gasteiger partial charge is 0.489 e. The molecule has 1 unspecified atom stereocenters. The summed E-state index contributed by atoms with van der Waals surface area (Å²) in [5.41, 5.74) is 6.97. The average molecular weight is 567 g/mol. The number of nitrogens with zero attached hydrogens (tertiary/aromatic N) is 3. The SMILES string of the molecule is CC(Oc1ccc2ccccc2c1)C(=O)NN=Cc1cn(-c2ccccc2)nc1-c1ccc(OCc2ccccc2)cc1. The van der Waals surface area contributed by atoms with E-state index in [0.717, 1.165) is 44.6 Å². The second-order valence-corrected chi connectivity index (χ2v) is 10.0. The number of ether oxygens (including phenoxy) is 2. The molecule has 7 heteroatoms. The summed E-state index contributed by atoms with van der Waals surface area (Å²) in [7, 11) is 0. The summed E-state index contributed by atoms with van der Waals surface area (Å²) in [5.74, 6) is 1.02. The molecule has 6 aromatic rings. The van der Waals surface area contributed by atoms with Crippen molar-refractivity contribution in [2.45, 2.75) is 19.6 Å². The first-order valence-corrected chi connectivity index (χ1v) is 14.0. The van der Waals surface area contributed by atoms with Crippen LogP contribution in [-0.4, -0.2) is 28.0 Å². The summed E-state index contributed by atoms with van der Waals surface area (Å²) >= 11 is 0. The van der Waals surface area contributed by atoms with Crippen LogP contribution in [-0.2, 0) is 11.4 Å². The summed E-state index contributed by atoms with van der Waals surface area (Å²) in [6, 6.07) is 41.4. The van der Waals surface area contributed by atoms with Crippen LogP contribution in [0.4, 0.5) is 0 Å². The number of hydrazone groups is 1. The number of rotatable bonds is 10. The number of aromatic nitrogens is 2. The van der Waals surface area contributed by atoms with Gasteiger partial charge in [0.25, 0.3) is 5.91 Å². The van der Waals surface area contributed by atoms with Crippen LogP contribution in [0.2, 0.25) is 0 Å². The van der Waals surface area contributed by atoms with Crippen molar-refractivity contribution >= 4 is 22.9 Å². The van der Waals surface area contributed by atoms with Crippen molar-refractivity contribution in [2.75, 3.05) is 0 Å². The minimum Gasteiger partial charge on any atom is -0.489 e.